The molecule has 3 rings (SSSR count). The van der Waals surface area contributed by atoms with Crippen LogP contribution in [0.25, 0.3) is 0 Å². The molecule has 0 aromatic heterocycles. The van der Waals surface area contributed by atoms with Crippen LogP contribution >= 0.6 is 0 Å². The highest BCUT2D eigenvalue weighted by Gasteiger charge is 2.30. The van der Waals surface area contributed by atoms with Gasteiger partial charge in [-0.2, -0.15) is 0 Å². The minimum absolute atomic E-state index is 0.197. The SMILES string of the molecule is C=N/C=C\C(=C)C1=NCC(COC2CCN(C(=O)C3CCCC3)CC2)=N1. The fourth-order valence-corrected chi connectivity index (χ4v) is 3.74. The molecule has 2 fully saturated rings. The second kappa shape index (κ2) is 9.03. The molecule has 1 saturated heterocycles. The van der Waals surface area contributed by atoms with E-state index in [1.807, 2.05) is 4.90 Å². The van der Waals surface area contributed by atoms with E-state index in [2.05, 4.69) is 28.3 Å². The highest BCUT2D eigenvalue weighted by atomic mass is 16.5. The van der Waals surface area contributed by atoms with E-state index in [9.17, 15) is 4.79 Å². The molecule has 0 spiro atoms. The van der Waals surface area contributed by atoms with Crippen molar-refractivity contribution < 1.29 is 9.53 Å². The topological polar surface area (TPSA) is 66.6 Å². The molecule has 0 radical (unpaired) electrons. The summed E-state index contributed by atoms with van der Waals surface area (Å²) in [6.07, 6.45) is 9.87. The Morgan fingerprint density at radius 1 is 1.27 bits per heavy atom. The van der Waals surface area contributed by atoms with Crippen molar-refractivity contribution in [1.29, 1.82) is 0 Å². The van der Waals surface area contributed by atoms with E-state index in [-0.39, 0.29) is 12.0 Å². The Balaban J connectivity index is 1.39. The lowest BCUT2D eigenvalue weighted by Gasteiger charge is -2.33. The highest BCUT2D eigenvalue weighted by Crippen LogP contribution is 2.28. The molecule has 0 bridgehead atoms. The van der Waals surface area contributed by atoms with Gasteiger partial charge in [-0.1, -0.05) is 19.4 Å². The zero-order valence-electron chi connectivity index (χ0n) is 15.4. The van der Waals surface area contributed by atoms with E-state index in [0.29, 0.717) is 24.9 Å². The van der Waals surface area contributed by atoms with Crippen LogP contribution < -0.4 is 0 Å². The van der Waals surface area contributed by atoms with Gasteiger partial charge in [0.25, 0.3) is 0 Å². The summed E-state index contributed by atoms with van der Waals surface area (Å²) in [4.78, 5) is 27.0. The smallest absolute Gasteiger partial charge is 0.225 e. The first-order valence-corrected chi connectivity index (χ1v) is 9.50. The van der Waals surface area contributed by atoms with Crippen LogP contribution in [-0.4, -0.2) is 61.4 Å². The lowest BCUT2D eigenvalue weighted by Crippen LogP contribution is -2.43. The lowest BCUT2D eigenvalue weighted by molar-refractivity contribution is -0.137. The summed E-state index contributed by atoms with van der Waals surface area (Å²) >= 11 is 0. The van der Waals surface area contributed by atoms with Gasteiger partial charge in [-0.25, -0.2) is 4.99 Å². The van der Waals surface area contributed by atoms with Crippen LogP contribution in [0.2, 0.25) is 0 Å². The number of piperidine rings is 1. The molecule has 1 amide bonds. The zero-order valence-corrected chi connectivity index (χ0v) is 15.4. The summed E-state index contributed by atoms with van der Waals surface area (Å²) in [7, 11) is 0. The number of nitrogens with zero attached hydrogens (tertiary/aromatic N) is 4. The summed E-state index contributed by atoms with van der Waals surface area (Å²) < 4.78 is 6.01. The van der Waals surface area contributed by atoms with Crippen LogP contribution in [-0.2, 0) is 9.53 Å². The average molecular weight is 356 g/mol. The van der Waals surface area contributed by atoms with Gasteiger partial charge in [0.2, 0.25) is 5.91 Å². The molecule has 0 aromatic carbocycles. The minimum atomic E-state index is 0.197. The van der Waals surface area contributed by atoms with Crippen LogP contribution in [0.15, 0.2) is 39.4 Å². The zero-order chi connectivity index (χ0) is 18.4. The van der Waals surface area contributed by atoms with Crippen molar-refractivity contribution >= 4 is 24.2 Å². The first-order chi connectivity index (χ1) is 12.7. The predicted octanol–water partition coefficient (Wildman–Crippen LogP) is 2.81. The second-order valence-corrected chi connectivity index (χ2v) is 7.16. The number of likely N-dealkylation sites (tertiary alicyclic amines) is 1. The molecule has 1 saturated carbocycles. The van der Waals surface area contributed by atoms with E-state index in [1.165, 1.54) is 12.8 Å². The van der Waals surface area contributed by atoms with E-state index >= 15 is 0 Å². The molecule has 6 heteroatoms. The van der Waals surface area contributed by atoms with Crippen LogP contribution in [0.3, 0.4) is 0 Å². The van der Waals surface area contributed by atoms with Gasteiger partial charge in [0.1, 0.15) is 0 Å². The normalized spacial score (nSPS) is 21.9. The summed E-state index contributed by atoms with van der Waals surface area (Å²) in [5.41, 5.74) is 1.65. The third-order valence-electron chi connectivity index (χ3n) is 5.29. The van der Waals surface area contributed by atoms with Gasteiger partial charge in [0.15, 0.2) is 5.84 Å². The van der Waals surface area contributed by atoms with Gasteiger partial charge in [-0.3, -0.25) is 14.8 Å². The van der Waals surface area contributed by atoms with Crippen LogP contribution in [0.4, 0.5) is 0 Å². The van der Waals surface area contributed by atoms with Gasteiger partial charge in [-0.15, -0.1) is 0 Å². The number of ether oxygens (including phenoxy) is 1. The second-order valence-electron chi connectivity index (χ2n) is 7.16. The highest BCUT2D eigenvalue weighted by molar-refractivity contribution is 6.12. The van der Waals surface area contributed by atoms with Crippen LogP contribution in [0.5, 0.6) is 0 Å². The van der Waals surface area contributed by atoms with Crippen LogP contribution in [0.1, 0.15) is 38.5 Å². The van der Waals surface area contributed by atoms with Gasteiger partial charge < -0.3 is 9.64 Å². The van der Waals surface area contributed by atoms with Crippen molar-refractivity contribution in [3.05, 3.63) is 24.4 Å². The molecule has 1 aliphatic carbocycles. The van der Waals surface area contributed by atoms with Crippen molar-refractivity contribution in [3.8, 4) is 0 Å². The third kappa shape index (κ3) is 4.75. The maximum Gasteiger partial charge on any atom is 0.225 e. The Hall–Kier alpha value is -2.08. The average Bonchev–Trinajstić information content (AvgIpc) is 3.36. The molecule has 2 heterocycles. The molecule has 2 aliphatic heterocycles. The maximum absolute atomic E-state index is 12.5. The van der Waals surface area contributed by atoms with E-state index in [1.54, 1.807) is 12.3 Å². The number of hydrogen-bond donors (Lipinski definition) is 0. The number of carbonyl (C=O) groups excluding carboxylic acids is 1. The van der Waals surface area contributed by atoms with E-state index < -0.39 is 0 Å². The Kier molecular flexibility index (Phi) is 6.50. The van der Waals surface area contributed by atoms with Crippen molar-refractivity contribution in [3.63, 3.8) is 0 Å². The van der Waals surface area contributed by atoms with Crippen molar-refractivity contribution in [2.75, 3.05) is 26.2 Å². The molecule has 0 atom stereocenters. The summed E-state index contributed by atoms with van der Waals surface area (Å²) in [5, 5.41) is 0. The third-order valence-corrected chi connectivity index (χ3v) is 5.29. The van der Waals surface area contributed by atoms with Gasteiger partial charge in [0.05, 0.1) is 25.0 Å². The van der Waals surface area contributed by atoms with Crippen LogP contribution in [0, 0.1) is 5.92 Å². The number of rotatable bonds is 7. The largest absolute Gasteiger partial charge is 0.372 e. The minimum Gasteiger partial charge on any atom is -0.372 e. The predicted molar refractivity (Wildman–Crippen MR) is 105 cm³/mol. The fraction of sp³-hybridized carbons (Fsp3) is 0.600. The number of amides is 1. The first kappa shape index (κ1) is 18.7. The fourth-order valence-electron chi connectivity index (χ4n) is 3.74. The van der Waals surface area contributed by atoms with Gasteiger partial charge in [-0.05, 0) is 38.5 Å². The number of amidine groups is 1. The molecule has 3 aliphatic rings. The summed E-state index contributed by atoms with van der Waals surface area (Å²) in [5.74, 6) is 1.27. The standard InChI is InChI=1S/C20H28N4O2/c1-15(7-10-21-2)19-22-13-17(23-19)14-26-18-8-11-24(12-9-18)20(25)16-5-3-4-6-16/h7,10,16,18H,1-6,8-9,11-14H2/b10-7-. The van der Waals surface area contributed by atoms with Crippen molar-refractivity contribution in [1.82, 2.24) is 4.90 Å². The molecule has 0 unspecified atom stereocenters. The van der Waals surface area contributed by atoms with Crippen molar-refractivity contribution in [2.45, 2.75) is 44.6 Å². The Bertz CT molecular complexity index is 636. The van der Waals surface area contributed by atoms with Crippen molar-refractivity contribution in [2.24, 2.45) is 20.9 Å². The molecule has 0 aromatic rings. The quantitative estimate of drug-likeness (QED) is 0.520. The lowest BCUT2D eigenvalue weighted by atomic mass is 10.0. The van der Waals surface area contributed by atoms with Gasteiger partial charge in [0, 0.05) is 30.8 Å². The Morgan fingerprint density at radius 2 is 2.00 bits per heavy atom. The number of carbonyl (C=O) groups is 1. The Labute approximate surface area is 155 Å². The Morgan fingerprint density at radius 3 is 2.69 bits per heavy atom. The molecular weight excluding hydrogens is 328 g/mol. The maximum atomic E-state index is 12.5. The van der Waals surface area contributed by atoms with E-state index in [0.717, 1.165) is 50.1 Å². The molecule has 6 nitrogen and oxygen atoms in total. The monoisotopic (exact) mass is 356 g/mol. The number of hydrogen-bond acceptors (Lipinski definition) is 5. The molecule has 140 valence electrons. The first-order valence-electron chi connectivity index (χ1n) is 9.50. The molecule has 0 N–H and O–H groups in total. The van der Waals surface area contributed by atoms with E-state index in [4.69, 9.17) is 4.74 Å². The van der Waals surface area contributed by atoms with Gasteiger partial charge >= 0.3 is 0 Å². The number of aliphatic imine (C=N–C) groups is 3. The molecular formula is C20H28N4O2. The summed E-state index contributed by atoms with van der Waals surface area (Å²) in [6, 6.07) is 0. The molecule has 26 heavy (non-hydrogen) atoms. The summed E-state index contributed by atoms with van der Waals surface area (Å²) in [6.45, 7) is 9.99.